The Morgan fingerprint density at radius 1 is 1.02 bits per heavy atom. The monoisotopic (exact) mass is 548 g/mol. The van der Waals surface area contributed by atoms with Crippen LogP contribution in [0, 0.1) is 11.6 Å². The molecule has 0 spiro atoms. The molecule has 2 heterocycles. The van der Waals surface area contributed by atoms with Gasteiger partial charge in [0.15, 0.2) is 5.82 Å². The molecule has 210 valence electrons. The number of carbonyl (C=O) groups is 1. The van der Waals surface area contributed by atoms with Crippen LogP contribution in [0.1, 0.15) is 28.4 Å². The highest BCUT2D eigenvalue weighted by Crippen LogP contribution is 2.28. The van der Waals surface area contributed by atoms with Crippen LogP contribution in [0.3, 0.4) is 0 Å². The second kappa shape index (κ2) is 12.0. The molecule has 3 N–H and O–H groups in total. The minimum Gasteiger partial charge on any atom is -0.383 e. The van der Waals surface area contributed by atoms with E-state index in [1.165, 1.54) is 12.1 Å². The maximum Gasteiger partial charge on any atom is 0.258 e. The summed E-state index contributed by atoms with van der Waals surface area (Å²) in [6, 6.07) is 14.9. The zero-order valence-corrected chi connectivity index (χ0v) is 22.9. The lowest BCUT2D eigenvalue weighted by Gasteiger charge is -2.34. The molecule has 1 aromatic heterocycles. The predicted molar refractivity (Wildman–Crippen MR) is 154 cm³/mol. The smallest absolute Gasteiger partial charge is 0.258 e. The molecule has 1 saturated heterocycles. The number of amides is 1. The molecule has 4 aromatic rings. The van der Waals surface area contributed by atoms with Crippen LogP contribution in [0.4, 0.5) is 26.0 Å². The molecule has 1 atom stereocenters. The number of nitrogens with zero attached hydrogens (tertiary/aromatic N) is 3. The molecule has 10 heteroatoms. The molecule has 8 nitrogen and oxygen atoms in total. The van der Waals surface area contributed by atoms with Crippen LogP contribution in [-0.4, -0.2) is 74.0 Å². The number of aromatic amines is 1. The van der Waals surface area contributed by atoms with E-state index in [0.717, 1.165) is 49.0 Å². The molecule has 5 rings (SSSR count). The first-order chi connectivity index (χ1) is 19.3. The molecular formula is C30H34F2N6O2. The third kappa shape index (κ3) is 6.40. The highest BCUT2D eigenvalue weighted by Gasteiger charge is 2.20. The Kier molecular flexibility index (Phi) is 8.27. The normalized spacial score (nSPS) is 14.9. The quantitative estimate of drug-likeness (QED) is 0.276. The summed E-state index contributed by atoms with van der Waals surface area (Å²) in [5.41, 5.74) is 4.35. The van der Waals surface area contributed by atoms with Crippen molar-refractivity contribution in [2.45, 2.75) is 19.4 Å². The van der Waals surface area contributed by atoms with Crippen LogP contribution >= 0.6 is 0 Å². The van der Waals surface area contributed by atoms with E-state index < -0.39 is 11.6 Å². The first-order valence-corrected chi connectivity index (χ1v) is 13.4. The zero-order chi connectivity index (χ0) is 28.2. The van der Waals surface area contributed by atoms with Crippen LogP contribution in [0.2, 0.25) is 0 Å². The van der Waals surface area contributed by atoms with Crippen molar-refractivity contribution in [2.24, 2.45) is 0 Å². The maximum atomic E-state index is 13.7. The summed E-state index contributed by atoms with van der Waals surface area (Å²) < 4.78 is 32.7. The molecule has 1 aliphatic heterocycles. The molecule has 0 bridgehead atoms. The van der Waals surface area contributed by atoms with Crippen LogP contribution in [0.25, 0.3) is 10.9 Å². The number of likely N-dealkylation sites (N-methyl/N-ethyl adjacent to an activating group) is 1. The lowest BCUT2D eigenvalue weighted by Crippen LogP contribution is -2.44. The Bertz CT molecular complexity index is 1480. The fourth-order valence-corrected chi connectivity index (χ4v) is 5.06. The molecule has 3 aromatic carbocycles. The minimum absolute atomic E-state index is 0.0132. The van der Waals surface area contributed by atoms with Gasteiger partial charge < -0.3 is 25.2 Å². The number of hydrogen-bond acceptors (Lipinski definition) is 6. The maximum absolute atomic E-state index is 13.7. The third-order valence-electron chi connectivity index (χ3n) is 7.12. The van der Waals surface area contributed by atoms with Gasteiger partial charge in [0.05, 0.1) is 17.7 Å². The van der Waals surface area contributed by atoms with Gasteiger partial charge in [0.1, 0.15) is 11.6 Å². The SMILES string of the molecule is COC[C@H](C)Nc1cc(N2CCN(C)CC2)ccc1C(=O)Nc1n[nH]c2ccc(Cc3cc(F)cc(F)c3)cc12. The first kappa shape index (κ1) is 27.5. The van der Waals surface area contributed by atoms with Crippen LogP contribution in [-0.2, 0) is 11.2 Å². The number of methoxy groups -OCH3 is 1. The number of anilines is 3. The number of carbonyl (C=O) groups excluding carboxylic acids is 1. The van der Waals surface area contributed by atoms with Gasteiger partial charge in [-0.15, -0.1) is 0 Å². The average Bonchev–Trinajstić information content (AvgIpc) is 3.30. The molecule has 0 unspecified atom stereocenters. The number of halogens is 2. The minimum atomic E-state index is -0.616. The van der Waals surface area contributed by atoms with Gasteiger partial charge in [-0.25, -0.2) is 8.78 Å². The van der Waals surface area contributed by atoms with Gasteiger partial charge in [-0.1, -0.05) is 6.07 Å². The first-order valence-electron chi connectivity index (χ1n) is 13.4. The molecule has 40 heavy (non-hydrogen) atoms. The number of benzene rings is 3. The Balaban J connectivity index is 1.40. The molecule has 1 amide bonds. The third-order valence-corrected chi connectivity index (χ3v) is 7.12. The van der Waals surface area contributed by atoms with Crippen molar-refractivity contribution < 1.29 is 18.3 Å². The van der Waals surface area contributed by atoms with Crippen LogP contribution in [0.5, 0.6) is 0 Å². The number of aromatic nitrogens is 2. The molecule has 0 saturated carbocycles. The Morgan fingerprint density at radius 3 is 2.50 bits per heavy atom. The van der Waals surface area contributed by atoms with Gasteiger partial charge in [-0.2, -0.15) is 5.10 Å². The number of nitrogens with one attached hydrogen (secondary N) is 3. The summed E-state index contributed by atoms with van der Waals surface area (Å²) in [6.45, 7) is 6.28. The van der Waals surface area contributed by atoms with Crippen molar-refractivity contribution in [1.29, 1.82) is 0 Å². The Hall–Kier alpha value is -4.02. The van der Waals surface area contributed by atoms with Crippen molar-refractivity contribution in [3.63, 3.8) is 0 Å². The van der Waals surface area contributed by atoms with Gasteiger partial charge in [-0.3, -0.25) is 9.89 Å². The molecule has 1 aliphatic rings. The van der Waals surface area contributed by atoms with E-state index in [1.807, 2.05) is 43.3 Å². The molecule has 0 radical (unpaired) electrons. The van der Waals surface area contributed by atoms with Gasteiger partial charge in [0, 0.05) is 62.2 Å². The highest BCUT2D eigenvalue weighted by molar-refractivity contribution is 6.11. The fourth-order valence-electron chi connectivity index (χ4n) is 5.06. The number of hydrogen-bond donors (Lipinski definition) is 3. The van der Waals surface area contributed by atoms with Gasteiger partial charge in [-0.05, 0) is 74.0 Å². The number of H-pyrrole nitrogens is 1. The largest absolute Gasteiger partial charge is 0.383 e. The summed E-state index contributed by atoms with van der Waals surface area (Å²) >= 11 is 0. The van der Waals surface area contributed by atoms with Gasteiger partial charge in [0.25, 0.3) is 5.91 Å². The lowest BCUT2D eigenvalue weighted by molar-refractivity contribution is 0.102. The molecule has 1 fully saturated rings. The van der Waals surface area contributed by atoms with E-state index in [0.29, 0.717) is 41.0 Å². The van der Waals surface area contributed by atoms with Crippen LogP contribution < -0.4 is 15.5 Å². The van der Waals surface area contributed by atoms with Gasteiger partial charge >= 0.3 is 0 Å². The zero-order valence-electron chi connectivity index (χ0n) is 22.9. The predicted octanol–water partition coefficient (Wildman–Crippen LogP) is 4.88. The topological polar surface area (TPSA) is 85.5 Å². The summed E-state index contributed by atoms with van der Waals surface area (Å²) in [6.07, 6.45) is 0.336. The lowest BCUT2D eigenvalue weighted by atomic mass is 10.0. The van der Waals surface area contributed by atoms with Crippen molar-refractivity contribution in [2.75, 3.05) is 62.5 Å². The van der Waals surface area contributed by atoms with E-state index >= 15 is 0 Å². The summed E-state index contributed by atoms with van der Waals surface area (Å²) in [5.74, 6) is -1.15. The van der Waals surface area contributed by atoms with E-state index in [9.17, 15) is 13.6 Å². The van der Waals surface area contributed by atoms with E-state index in [2.05, 4.69) is 37.7 Å². The van der Waals surface area contributed by atoms with E-state index in [1.54, 1.807) is 7.11 Å². The van der Waals surface area contributed by atoms with E-state index in [-0.39, 0.29) is 11.9 Å². The Morgan fingerprint density at radius 2 is 1.77 bits per heavy atom. The number of rotatable bonds is 9. The number of fused-ring (bicyclic) bond motifs is 1. The van der Waals surface area contributed by atoms with Crippen molar-refractivity contribution >= 4 is 34.0 Å². The van der Waals surface area contributed by atoms with Crippen molar-refractivity contribution in [3.8, 4) is 0 Å². The fraction of sp³-hybridized carbons (Fsp3) is 0.333. The summed E-state index contributed by atoms with van der Waals surface area (Å²) in [5, 5.41) is 14.4. The molecular weight excluding hydrogens is 514 g/mol. The van der Waals surface area contributed by atoms with Gasteiger partial charge in [0.2, 0.25) is 0 Å². The summed E-state index contributed by atoms with van der Waals surface area (Å²) in [4.78, 5) is 18.2. The standard InChI is InChI=1S/C30H34F2N6O2/c1-19(18-40-3)33-28-17-24(38-10-8-37(2)9-11-38)5-6-25(28)30(39)34-29-26-15-20(4-7-27(26)35-36-29)12-21-13-22(31)16-23(32)14-21/h4-7,13-17,19,33H,8-12,18H2,1-3H3,(H2,34,35,36,39)/t19-/m0/s1. The second-order valence-corrected chi connectivity index (χ2v) is 10.4. The highest BCUT2D eigenvalue weighted by atomic mass is 19.1. The van der Waals surface area contributed by atoms with Crippen molar-refractivity contribution in [1.82, 2.24) is 15.1 Å². The second-order valence-electron chi connectivity index (χ2n) is 10.4. The molecule has 0 aliphatic carbocycles. The van der Waals surface area contributed by atoms with Crippen molar-refractivity contribution in [3.05, 3.63) is 82.9 Å². The number of ether oxygens (including phenoxy) is 1. The summed E-state index contributed by atoms with van der Waals surface area (Å²) in [7, 11) is 3.77. The number of piperazine rings is 1. The van der Waals surface area contributed by atoms with E-state index in [4.69, 9.17) is 4.74 Å². The Labute approximate surface area is 232 Å². The van der Waals surface area contributed by atoms with Crippen LogP contribution in [0.15, 0.2) is 54.6 Å². The average molecular weight is 549 g/mol.